The predicted molar refractivity (Wildman–Crippen MR) is 78.9 cm³/mol. The number of carbonyl (C=O) groups is 1. The van der Waals surface area contributed by atoms with Crippen LogP contribution in [0.1, 0.15) is 27.3 Å². The number of aromatic nitrogens is 2. The standard InChI is InChI=1S/C17H14N2O/c1-11-6-7-14(12(2)19-11)17(20)16-5-3-4-13-10-18-9-8-15(13)16/h3-10H,1-2H3. The number of fused-ring (bicyclic) bond motifs is 1. The Bertz CT molecular complexity index is 804. The molecule has 0 saturated carbocycles. The zero-order valence-corrected chi connectivity index (χ0v) is 11.4. The van der Waals surface area contributed by atoms with Crippen LogP contribution in [0.3, 0.4) is 0 Å². The molecule has 0 fully saturated rings. The lowest BCUT2D eigenvalue weighted by atomic mass is 9.97. The second-order valence-corrected chi connectivity index (χ2v) is 4.82. The number of rotatable bonds is 2. The van der Waals surface area contributed by atoms with Crippen molar-refractivity contribution in [2.75, 3.05) is 0 Å². The van der Waals surface area contributed by atoms with Gasteiger partial charge in [-0.2, -0.15) is 0 Å². The zero-order valence-electron chi connectivity index (χ0n) is 11.4. The topological polar surface area (TPSA) is 42.9 Å². The third-order valence-electron chi connectivity index (χ3n) is 3.40. The summed E-state index contributed by atoms with van der Waals surface area (Å²) in [5, 5.41) is 1.89. The minimum atomic E-state index is 0.00630. The minimum absolute atomic E-state index is 0.00630. The molecule has 3 heteroatoms. The van der Waals surface area contributed by atoms with Crippen LogP contribution in [0.15, 0.2) is 48.8 Å². The van der Waals surface area contributed by atoms with Gasteiger partial charge in [0.1, 0.15) is 0 Å². The average Bonchev–Trinajstić information content (AvgIpc) is 2.46. The lowest BCUT2D eigenvalue weighted by molar-refractivity contribution is 0.103. The third kappa shape index (κ3) is 2.07. The Hall–Kier alpha value is -2.55. The van der Waals surface area contributed by atoms with Crippen molar-refractivity contribution >= 4 is 16.6 Å². The first-order valence-electron chi connectivity index (χ1n) is 6.48. The van der Waals surface area contributed by atoms with E-state index in [2.05, 4.69) is 9.97 Å². The first kappa shape index (κ1) is 12.5. The first-order chi connectivity index (χ1) is 9.66. The normalized spacial score (nSPS) is 10.7. The van der Waals surface area contributed by atoms with Crippen molar-refractivity contribution in [2.45, 2.75) is 13.8 Å². The highest BCUT2D eigenvalue weighted by Gasteiger charge is 2.15. The fourth-order valence-electron chi connectivity index (χ4n) is 2.39. The largest absolute Gasteiger partial charge is 0.289 e. The van der Waals surface area contributed by atoms with Crippen molar-refractivity contribution in [1.29, 1.82) is 0 Å². The van der Waals surface area contributed by atoms with Crippen LogP contribution in [0.25, 0.3) is 10.8 Å². The molecule has 3 aromatic rings. The average molecular weight is 262 g/mol. The molecule has 0 bridgehead atoms. The van der Waals surface area contributed by atoms with Gasteiger partial charge in [-0.3, -0.25) is 14.8 Å². The highest BCUT2D eigenvalue weighted by atomic mass is 16.1. The van der Waals surface area contributed by atoms with Crippen LogP contribution in [0.2, 0.25) is 0 Å². The minimum Gasteiger partial charge on any atom is -0.289 e. The number of aryl methyl sites for hydroxylation is 2. The van der Waals surface area contributed by atoms with E-state index < -0.39 is 0 Å². The predicted octanol–water partition coefficient (Wildman–Crippen LogP) is 3.48. The summed E-state index contributed by atoms with van der Waals surface area (Å²) in [7, 11) is 0. The van der Waals surface area contributed by atoms with E-state index in [1.807, 2.05) is 50.2 Å². The molecule has 0 unspecified atom stereocenters. The molecule has 0 N–H and O–H groups in total. The molecule has 98 valence electrons. The second kappa shape index (κ2) is 4.85. The smallest absolute Gasteiger partial charge is 0.195 e. The Morgan fingerprint density at radius 2 is 1.85 bits per heavy atom. The highest BCUT2D eigenvalue weighted by molar-refractivity contribution is 6.16. The number of benzene rings is 1. The van der Waals surface area contributed by atoms with Crippen molar-refractivity contribution in [3.63, 3.8) is 0 Å². The van der Waals surface area contributed by atoms with Gasteiger partial charge in [0.25, 0.3) is 0 Å². The van der Waals surface area contributed by atoms with Gasteiger partial charge >= 0.3 is 0 Å². The molecule has 0 aliphatic carbocycles. The first-order valence-corrected chi connectivity index (χ1v) is 6.48. The maximum absolute atomic E-state index is 12.7. The van der Waals surface area contributed by atoms with Crippen molar-refractivity contribution in [2.24, 2.45) is 0 Å². The highest BCUT2D eigenvalue weighted by Crippen LogP contribution is 2.21. The number of nitrogens with zero attached hydrogens (tertiary/aromatic N) is 2. The van der Waals surface area contributed by atoms with Crippen molar-refractivity contribution < 1.29 is 4.79 Å². The van der Waals surface area contributed by atoms with Crippen LogP contribution in [0, 0.1) is 13.8 Å². The molecule has 2 aromatic heterocycles. The van der Waals surface area contributed by atoms with Crippen molar-refractivity contribution in [3.8, 4) is 0 Å². The summed E-state index contributed by atoms with van der Waals surface area (Å²) >= 11 is 0. The van der Waals surface area contributed by atoms with E-state index in [-0.39, 0.29) is 5.78 Å². The molecular formula is C17H14N2O. The van der Waals surface area contributed by atoms with E-state index in [0.717, 1.165) is 22.2 Å². The zero-order chi connectivity index (χ0) is 14.1. The Morgan fingerprint density at radius 1 is 1.00 bits per heavy atom. The Morgan fingerprint density at radius 3 is 2.65 bits per heavy atom. The van der Waals surface area contributed by atoms with E-state index in [1.54, 1.807) is 12.4 Å². The van der Waals surface area contributed by atoms with Gasteiger partial charge in [0.2, 0.25) is 0 Å². The fraction of sp³-hybridized carbons (Fsp3) is 0.118. The number of carbonyl (C=O) groups excluding carboxylic acids is 1. The molecular weight excluding hydrogens is 248 g/mol. The third-order valence-corrected chi connectivity index (χ3v) is 3.40. The molecule has 0 aliphatic heterocycles. The molecule has 0 amide bonds. The van der Waals surface area contributed by atoms with Gasteiger partial charge in [0.05, 0.1) is 0 Å². The van der Waals surface area contributed by atoms with Gasteiger partial charge < -0.3 is 0 Å². The Balaban J connectivity index is 2.18. The van der Waals surface area contributed by atoms with Gasteiger partial charge in [-0.05, 0) is 37.4 Å². The SMILES string of the molecule is Cc1ccc(C(=O)c2cccc3cnccc23)c(C)n1. The van der Waals surface area contributed by atoms with E-state index >= 15 is 0 Å². The second-order valence-electron chi connectivity index (χ2n) is 4.82. The van der Waals surface area contributed by atoms with Gasteiger partial charge in [-0.15, -0.1) is 0 Å². The summed E-state index contributed by atoms with van der Waals surface area (Å²) < 4.78 is 0. The van der Waals surface area contributed by atoms with E-state index in [1.165, 1.54) is 0 Å². The maximum Gasteiger partial charge on any atom is 0.195 e. The lowest BCUT2D eigenvalue weighted by Gasteiger charge is -2.08. The van der Waals surface area contributed by atoms with E-state index in [9.17, 15) is 4.79 Å². The van der Waals surface area contributed by atoms with Crippen LogP contribution in [0.5, 0.6) is 0 Å². The van der Waals surface area contributed by atoms with E-state index in [0.29, 0.717) is 11.1 Å². The molecule has 0 aliphatic rings. The molecule has 0 saturated heterocycles. The summed E-state index contributed by atoms with van der Waals surface area (Å²) in [5.41, 5.74) is 3.03. The molecule has 0 atom stereocenters. The number of hydrogen-bond acceptors (Lipinski definition) is 3. The summed E-state index contributed by atoms with van der Waals surface area (Å²) in [4.78, 5) is 21.2. The van der Waals surface area contributed by atoms with Gasteiger partial charge in [0, 0.05) is 40.3 Å². The summed E-state index contributed by atoms with van der Waals surface area (Å²) in [6.45, 7) is 3.79. The molecule has 3 rings (SSSR count). The lowest BCUT2D eigenvalue weighted by Crippen LogP contribution is -2.06. The molecule has 1 aromatic carbocycles. The molecule has 0 spiro atoms. The Labute approximate surface area is 117 Å². The van der Waals surface area contributed by atoms with Crippen LogP contribution in [-0.4, -0.2) is 15.8 Å². The van der Waals surface area contributed by atoms with Crippen LogP contribution in [-0.2, 0) is 0 Å². The van der Waals surface area contributed by atoms with Gasteiger partial charge in [-0.1, -0.05) is 18.2 Å². The summed E-state index contributed by atoms with van der Waals surface area (Å²) in [5.74, 6) is 0.00630. The van der Waals surface area contributed by atoms with Crippen molar-refractivity contribution in [3.05, 3.63) is 71.3 Å². The van der Waals surface area contributed by atoms with Gasteiger partial charge in [0.15, 0.2) is 5.78 Å². The van der Waals surface area contributed by atoms with Crippen LogP contribution >= 0.6 is 0 Å². The number of pyridine rings is 2. The molecule has 3 nitrogen and oxygen atoms in total. The maximum atomic E-state index is 12.7. The van der Waals surface area contributed by atoms with Crippen LogP contribution < -0.4 is 0 Å². The quantitative estimate of drug-likeness (QED) is 0.664. The fourth-order valence-corrected chi connectivity index (χ4v) is 2.39. The Kier molecular flexibility index (Phi) is 3.03. The summed E-state index contributed by atoms with van der Waals surface area (Å²) in [6.07, 6.45) is 3.48. The van der Waals surface area contributed by atoms with Gasteiger partial charge in [-0.25, -0.2) is 0 Å². The van der Waals surface area contributed by atoms with E-state index in [4.69, 9.17) is 0 Å². The molecule has 2 heterocycles. The molecule has 20 heavy (non-hydrogen) atoms. The molecule has 0 radical (unpaired) electrons. The van der Waals surface area contributed by atoms with Crippen molar-refractivity contribution in [1.82, 2.24) is 9.97 Å². The number of ketones is 1. The summed E-state index contributed by atoms with van der Waals surface area (Å²) in [6, 6.07) is 11.3. The number of hydrogen-bond donors (Lipinski definition) is 0. The monoisotopic (exact) mass is 262 g/mol. The van der Waals surface area contributed by atoms with Crippen LogP contribution in [0.4, 0.5) is 0 Å².